The van der Waals surface area contributed by atoms with Crippen LogP contribution in [0.25, 0.3) is 11.0 Å². The Morgan fingerprint density at radius 2 is 1.81 bits per heavy atom. The molecule has 1 aliphatic rings. The third-order valence-electron chi connectivity index (χ3n) is 5.88. The van der Waals surface area contributed by atoms with Gasteiger partial charge in [0.15, 0.2) is 17.5 Å². The zero-order valence-corrected chi connectivity index (χ0v) is 16.6. The van der Waals surface area contributed by atoms with Crippen LogP contribution in [0.1, 0.15) is 47.6 Å². The number of carbonyl (C=O) groups is 1. The van der Waals surface area contributed by atoms with Gasteiger partial charge >= 0.3 is 0 Å². The van der Waals surface area contributed by atoms with E-state index in [1.54, 1.807) is 18.2 Å². The summed E-state index contributed by atoms with van der Waals surface area (Å²) in [7, 11) is 0. The molecule has 0 spiro atoms. The highest BCUT2D eigenvalue weighted by Gasteiger charge is 2.27. The number of aliphatic hydroxyl groups excluding tert-OH is 2. The molecular formula is C22H22F3N3O3. The molecule has 9 heteroatoms. The number of benzene rings is 2. The molecule has 3 aromatic rings. The Morgan fingerprint density at radius 1 is 1.06 bits per heavy atom. The topological polar surface area (TPSA) is 87.4 Å². The first-order valence-corrected chi connectivity index (χ1v) is 10.1. The lowest BCUT2D eigenvalue weighted by Gasteiger charge is -2.29. The van der Waals surface area contributed by atoms with Crippen LogP contribution in [-0.2, 0) is 6.61 Å². The third-order valence-corrected chi connectivity index (χ3v) is 5.88. The van der Waals surface area contributed by atoms with E-state index < -0.39 is 28.9 Å². The van der Waals surface area contributed by atoms with Gasteiger partial charge < -0.3 is 14.8 Å². The second-order valence-corrected chi connectivity index (χ2v) is 7.82. The van der Waals surface area contributed by atoms with Crippen molar-refractivity contribution in [3.8, 4) is 0 Å². The van der Waals surface area contributed by atoms with Crippen molar-refractivity contribution in [1.82, 2.24) is 9.55 Å². The van der Waals surface area contributed by atoms with E-state index in [1.807, 2.05) is 4.57 Å². The number of aliphatic hydroxyl groups is 2. The van der Waals surface area contributed by atoms with Crippen LogP contribution < -0.4 is 5.32 Å². The molecule has 1 heterocycles. The molecule has 1 aromatic heterocycles. The van der Waals surface area contributed by atoms with Gasteiger partial charge in [-0.15, -0.1) is 0 Å². The van der Waals surface area contributed by atoms with E-state index >= 15 is 0 Å². The van der Waals surface area contributed by atoms with Crippen molar-refractivity contribution in [3.05, 3.63) is 58.9 Å². The number of anilines is 1. The van der Waals surface area contributed by atoms with Crippen LogP contribution in [0.3, 0.4) is 0 Å². The van der Waals surface area contributed by atoms with Gasteiger partial charge in [-0.05, 0) is 61.4 Å². The summed E-state index contributed by atoms with van der Waals surface area (Å²) >= 11 is 0. The summed E-state index contributed by atoms with van der Waals surface area (Å²) < 4.78 is 42.8. The number of hydrogen-bond acceptors (Lipinski definition) is 4. The summed E-state index contributed by atoms with van der Waals surface area (Å²) in [5.74, 6) is -5.21. The molecule has 2 aromatic carbocycles. The number of aromatic nitrogens is 2. The van der Waals surface area contributed by atoms with Crippen LogP contribution in [-0.4, -0.2) is 32.3 Å². The number of amides is 1. The normalized spacial score (nSPS) is 19.0. The third kappa shape index (κ3) is 4.03. The lowest BCUT2D eigenvalue weighted by atomic mass is 9.86. The zero-order valence-electron chi connectivity index (χ0n) is 16.6. The predicted octanol–water partition coefficient (Wildman–Crippen LogP) is 3.92. The maximum absolute atomic E-state index is 14.1. The van der Waals surface area contributed by atoms with Crippen molar-refractivity contribution in [3.63, 3.8) is 0 Å². The minimum Gasteiger partial charge on any atom is -0.396 e. The summed E-state index contributed by atoms with van der Waals surface area (Å²) in [6.07, 6.45) is 3.11. The van der Waals surface area contributed by atoms with Gasteiger partial charge in [0.1, 0.15) is 0 Å². The highest BCUT2D eigenvalue weighted by molar-refractivity contribution is 6.04. The van der Waals surface area contributed by atoms with Crippen molar-refractivity contribution in [2.24, 2.45) is 5.92 Å². The van der Waals surface area contributed by atoms with E-state index in [4.69, 9.17) is 0 Å². The standard InChI is InChI=1S/C22H22F3N3O3/c23-16-7-6-15(19(24)20(16)25)21(31)27-22-26-17-9-13(11-30)3-8-18(17)28(22)14-4-1-12(10-29)2-5-14/h3,6-9,12,14,29-30H,1-2,4-5,10-11H2,(H,26,27,31). The Bertz CT molecular complexity index is 1120. The van der Waals surface area contributed by atoms with Gasteiger partial charge in [-0.1, -0.05) is 6.07 Å². The Hall–Kier alpha value is -2.91. The minimum absolute atomic E-state index is 0.0159. The highest BCUT2D eigenvalue weighted by atomic mass is 19.2. The average Bonchev–Trinajstić information content (AvgIpc) is 3.14. The van der Waals surface area contributed by atoms with E-state index in [9.17, 15) is 28.2 Å². The van der Waals surface area contributed by atoms with Gasteiger partial charge in [0.05, 0.1) is 23.2 Å². The fraction of sp³-hybridized carbons (Fsp3) is 0.364. The van der Waals surface area contributed by atoms with Crippen LogP contribution in [0.4, 0.5) is 19.1 Å². The molecule has 164 valence electrons. The van der Waals surface area contributed by atoms with E-state index in [2.05, 4.69) is 10.3 Å². The molecule has 3 N–H and O–H groups in total. The van der Waals surface area contributed by atoms with Crippen LogP contribution in [0.5, 0.6) is 0 Å². The average molecular weight is 433 g/mol. The molecular weight excluding hydrogens is 411 g/mol. The fourth-order valence-corrected chi connectivity index (χ4v) is 4.16. The summed E-state index contributed by atoms with van der Waals surface area (Å²) in [5, 5.41) is 21.4. The van der Waals surface area contributed by atoms with Gasteiger partial charge in [-0.3, -0.25) is 10.1 Å². The van der Waals surface area contributed by atoms with Gasteiger partial charge in [0.2, 0.25) is 5.95 Å². The Labute approximate surface area is 176 Å². The first kappa shape index (κ1) is 21.3. The minimum atomic E-state index is -1.71. The number of rotatable bonds is 5. The highest BCUT2D eigenvalue weighted by Crippen LogP contribution is 2.37. The van der Waals surface area contributed by atoms with E-state index in [0.717, 1.165) is 37.3 Å². The van der Waals surface area contributed by atoms with Crippen LogP contribution in [0.2, 0.25) is 0 Å². The first-order chi connectivity index (χ1) is 14.9. The molecule has 0 unspecified atom stereocenters. The zero-order chi connectivity index (χ0) is 22.1. The number of hydrogen-bond donors (Lipinski definition) is 3. The molecule has 0 radical (unpaired) electrons. The number of fused-ring (bicyclic) bond motifs is 1. The maximum Gasteiger partial charge on any atom is 0.261 e. The molecule has 0 saturated heterocycles. The number of imidazole rings is 1. The van der Waals surface area contributed by atoms with Crippen molar-refractivity contribution >= 4 is 22.9 Å². The van der Waals surface area contributed by atoms with Crippen molar-refractivity contribution < 1.29 is 28.2 Å². The molecule has 0 bridgehead atoms. The number of carbonyl (C=O) groups excluding carboxylic acids is 1. The molecule has 0 aliphatic heterocycles. The Kier molecular flexibility index (Phi) is 5.97. The van der Waals surface area contributed by atoms with Crippen molar-refractivity contribution in [2.75, 3.05) is 11.9 Å². The smallest absolute Gasteiger partial charge is 0.261 e. The summed E-state index contributed by atoms with van der Waals surface area (Å²) in [6.45, 7) is -0.0531. The molecule has 1 amide bonds. The molecule has 4 rings (SSSR count). The van der Waals surface area contributed by atoms with E-state index in [-0.39, 0.29) is 31.1 Å². The molecule has 1 saturated carbocycles. The number of nitrogens with one attached hydrogen (secondary N) is 1. The largest absolute Gasteiger partial charge is 0.396 e. The van der Waals surface area contributed by atoms with Crippen LogP contribution >= 0.6 is 0 Å². The predicted molar refractivity (Wildman–Crippen MR) is 108 cm³/mol. The quantitative estimate of drug-likeness (QED) is 0.533. The second-order valence-electron chi connectivity index (χ2n) is 7.82. The lowest BCUT2D eigenvalue weighted by Crippen LogP contribution is -2.23. The first-order valence-electron chi connectivity index (χ1n) is 10.1. The number of halogens is 3. The number of nitrogens with zero attached hydrogens (tertiary/aromatic N) is 2. The lowest BCUT2D eigenvalue weighted by molar-refractivity contribution is 0.102. The molecule has 6 nitrogen and oxygen atoms in total. The van der Waals surface area contributed by atoms with E-state index in [0.29, 0.717) is 17.1 Å². The van der Waals surface area contributed by atoms with Gasteiger partial charge in [0.25, 0.3) is 5.91 Å². The van der Waals surface area contributed by atoms with Crippen molar-refractivity contribution in [1.29, 1.82) is 0 Å². The SMILES string of the molecule is O=C(Nc1nc2cc(CO)ccc2n1C1CCC(CO)CC1)c1ccc(F)c(F)c1F. The molecule has 1 fully saturated rings. The monoisotopic (exact) mass is 433 g/mol. The van der Waals surface area contributed by atoms with Crippen LogP contribution in [0.15, 0.2) is 30.3 Å². The van der Waals surface area contributed by atoms with Crippen molar-refractivity contribution in [2.45, 2.75) is 38.3 Å². The maximum atomic E-state index is 14.1. The summed E-state index contributed by atoms with van der Waals surface area (Å²) in [6, 6.07) is 6.80. The van der Waals surface area contributed by atoms with Crippen LogP contribution in [0, 0.1) is 23.4 Å². The Balaban J connectivity index is 1.72. The van der Waals surface area contributed by atoms with Gasteiger partial charge in [-0.25, -0.2) is 18.2 Å². The molecule has 0 atom stereocenters. The molecule has 31 heavy (non-hydrogen) atoms. The summed E-state index contributed by atoms with van der Waals surface area (Å²) in [4.78, 5) is 17.1. The fourth-order valence-electron chi connectivity index (χ4n) is 4.16. The van der Waals surface area contributed by atoms with Gasteiger partial charge in [0, 0.05) is 12.6 Å². The summed E-state index contributed by atoms with van der Waals surface area (Å²) in [5.41, 5.74) is 1.28. The van der Waals surface area contributed by atoms with E-state index in [1.165, 1.54) is 0 Å². The second kappa shape index (κ2) is 8.68. The molecule has 1 aliphatic carbocycles. The Morgan fingerprint density at radius 3 is 2.48 bits per heavy atom. The van der Waals surface area contributed by atoms with Gasteiger partial charge in [-0.2, -0.15) is 0 Å².